The molecule has 0 aromatic carbocycles. The maximum Gasteiger partial charge on any atom is 0.0650 e. The summed E-state index contributed by atoms with van der Waals surface area (Å²) in [6.45, 7) is 4.45. The predicted octanol–water partition coefficient (Wildman–Crippen LogP) is 4.08. The van der Waals surface area contributed by atoms with Crippen molar-refractivity contribution in [3.8, 4) is 0 Å². The van der Waals surface area contributed by atoms with Crippen LogP contribution in [0, 0.1) is 5.92 Å². The van der Waals surface area contributed by atoms with Gasteiger partial charge in [0, 0.05) is 4.48 Å². The Morgan fingerprint density at radius 1 is 1.45 bits per heavy atom. The van der Waals surface area contributed by atoms with E-state index in [1.54, 1.807) is 0 Å². The van der Waals surface area contributed by atoms with Crippen molar-refractivity contribution in [2.24, 2.45) is 5.92 Å². The Balaban J connectivity index is 2.81. The number of halogens is 2. The van der Waals surface area contributed by atoms with Gasteiger partial charge in [-0.25, -0.2) is 0 Å². The molecule has 0 saturated carbocycles. The molecular formula is C9H14BrCl. The van der Waals surface area contributed by atoms with Crippen molar-refractivity contribution in [2.45, 2.75) is 38.5 Å². The van der Waals surface area contributed by atoms with Gasteiger partial charge in [-0.15, -0.1) is 11.6 Å². The molecule has 0 aromatic heterocycles. The van der Waals surface area contributed by atoms with Gasteiger partial charge in [-0.2, -0.15) is 0 Å². The Hall–Kier alpha value is 0.510. The van der Waals surface area contributed by atoms with Crippen LogP contribution in [-0.4, -0.2) is 5.38 Å². The zero-order chi connectivity index (χ0) is 8.43. The molecule has 0 aromatic rings. The van der Waals surface area contributed by atoms with Crippen LogP contribution in [0.3, 0.4) is 0 Å². The van der Waals surface area contributed by atoms with E-state index in [1.165, 1.54) is 22.9 Å². The summed E-state index contributed by atoms with van der Waals surface area (Å²) in [5.74, 6) is 0.702. The minimum atomic E-state index is 0.222. The predicted molar refractivity (Wildman–Crippen MR) is 54.3 cm³/mol. The summed E-state index contributed by atoms with van der Waals surface area (Å²) >= 11 is 9.68. The van der Waals surface area contributed by atoms with Gasteiger partial charge >= 0.3 is 0 Å². The summed E-state index contributed by atoms with van der Waals surface area (Å²) in [5.41, 5.74) is 1.43. The summed E-state index contributed by atoms with van der Waals surface area (Å²) < 4.78 is 1.23. The van der Waals surface area contributed by atoms with E-state index in [4.69, 9.17) is 11.6 Å². The fraction of sp³-hybridized carbons (Fsp3) is 0.778. The van der Waals surface area contributed by atoms with Gasteiger partial charge in [0.05, 0.1) is 5.38 Å². The largest absolute Gasteiger partial charge is 0.117 e. The zero-order valence-corrected chi connectivity index (χ0v) is 9.37. The molecule has 0 saturated heterocycles. The van der Waals surface area contributed by atoms with Gasteiger partial charge in [0.1, 0.15) is 0 Å². The van der Waals surface area contributed by atoms with Gasteiger partial charge < -0.3 is 0 Å². The smallest absolute Gasteiger partial charge is 0.0650 e. The monoisotopic (exact) mass is 236 g/mol. The van der Waals surface area contributed by atoms with Crippen LogP contribution in [0.15, 0.2) is 10.1 Å². The second-order valence-electron chi connectivity index (χ2n) is 3.33. The van der Waals surface area contributed by atoms with Gasteiger partial charge in [0.25, 0.3) is 0 Å². The van der Waals surface area contributed by atoms with Gasteiger partial charge in [-0.05, 0) is 25.7 Å². The van der Waals surface area contributed by atoms with E-state index in [0.717, 1.165) is 6.42 Å². The minimum absolute atomic E-state index is 0.222. The standard InChI is InChI=1S/C9H14BrCl/c1-6-4-3-5-8(11)9(10)7(6)2/h6,8H,3-5H2,1-2H3. The molecule has 0 spiro atoms. The summed E-state index contributed by atoms with van der Waals surface area (Å²) in [5, 5.41) is 0.222. The maximum absolute atomic E-state index is 6.13. The lowest BCUT2D eigenvalue weighted by molar-refractivity contribution is 0.584. The second kappa shape index (κ2) is 3.95. The van der Waals surface area contributed by atoms with Crippen molar-refractivity contribution in [3.05, 3.63) is 10.1 Å². The van der Waals surface area contributed by atoms with Crippen molar-refractivity contribution < 1.29 is 0 Å². The van der Waals surface area contributed by atoms with Crippen LogP contribution in [0.2, 0.25) is 0 Å². The minimum Gasteiger partial charge on any atom is -0.117 e. The highest BCUT2D eigenvalue weighted by Crippen LogP contribution is 2.34. The lowest BCUT2D eigenvalue weighted by Gasteiger charge is -2.10. The molecule has 11 heavy (non-hydrogen) atoms. The van der Waals surface area contributed by atoms with Gasteiger partial charge in [0.2, 0.25) is 0 Å². The molecular weight excluding hydrogens is 223 g/mol. The summed E-state index contributed by atoms with van der Waals surface area (Å²) in [7, 11) is 0. The lowest BCUT2D eigenvalue weighted by atomic mass is 9.99. The number of hydrogen-bond donors (Lipinski definition) is 0. The summed E-state index contributed by atoms with van der Waals surface area (Å²) in [6.07, 6.45) is 3.65. The topological polar surface area (TPSA) is 0 Å². The Labute approximate surface area is 82.1 Å². The molecule has 1 rings (SSSR count). The molecule has 0 N–H and O–H groups in total. The van der Waals surface area contributed by atoms with Crippen molar-refractivity contribution in [2.75, 3.05) is 0 Å². The first-order valence-corrected chi connectivity index (χ1v) is 5.36. The van der Waals surface area contributed by atoms with Crippen LogP contribution in [0.5, 0.6) is 0 Å². The van der Waals surface area contributed by atoms with E-state index in [2.05, 4.69) is 29.8 Å². The van der Waals surface area contributed by atoms with E-state index in [0.29, 0.717) is 5.92 Å². The number of hydrogen-bond acceptors (Lipinski definition) is 0. The average molecular weight is 238 g/mol. The highest BCUT2D eigenvalue weighted by Gasteiger charge is 2.19. The lowest BCUT2D eigenvalue weighted by Crippen LogP contribution is -1.98. The third-order valence-corrected chi connectivity index (χ3v) is 4.36. The van der Waals surface area contributed by atoms with Crippen molar-refractivity contribution in [3.63, 3.8) is 0 Å². The van der Waals surface area contributed by atoms with E-state index >= 15 is 0 Å². The summed E-state index contributed by atoms with van der Waals surface area (Å²) in [6, 6.07) is 0. The van der Waals surface area contributed by atoms with Crippen molar-refractivity contribution >= 4 is 27.5 Å². The Bertz CT molecular complexity index is 156. The van der Waals surface area contributed by atoms with E-state index < -0.39 is 0 Å². The Kier molecular flexibility index (Phi) is 3.45. The molecule has 0 aliphatic heterocycles. The highest BCUT2D eigenvalue weighted by atomic mass is 79.9. The van der Waals surface area contributed by atoms with Crippen molar-refractivity contribution in [1.82, 2.24) is 0 Å². The number of rotatable bonds is 0. The summed E-state index contributed by atoms with van der Waals surface area (Å²) in [4.78, 5) is 0. The van der Waals surface area contributed by atoms with Crippen LogP contribution in [0.1, 0.15) is 33.1 Å². The molecule has 0 bridgehead atoms. The van der Waals surface area contributed by atoms with Crippen molar-refractivity contribution in [1.29, 1.82) is 0 Å². The molecule has 0 fully saturated rings. The second-order valence-corrected chi connectivity index (χ2v) is 4.71. The molecule has 64 valence electrons. The molecule has 0 heterocycles. The van der Waals surface area contributed by atoms with Gasteiger partial charge in [0.15, 0.2) is 0 Å². The van der Waals surface area contributed by atoms with Crippen LogP contribution in [-0.2, 0) is 0 Å². The molecule has 2 atom stereocenters. The Morgan fingerprint density at radius 3 is 2.73 bits per heavy atom. The number of alkyl halides is 1. The SMILES string of the molecule is CC1=C(Br)C(Cl)CCCC1C. The van der Waals surface area contributed by atoms with E-state index in [9.17, 15) is 0 Å². The first-order valence-electron chi connectivity index (χ1n) is 4.13. The third kappa shape index (κ3) is 2.22. The quantitative estimate of drug-likeness (QED) is 0.557. The first-order chi connectivity index (χ1) is 5.13. The molecule has 1 aliphatic rings. The Morgan fingerprint density at radius 2 is 2.09 bits per heavy atom. The van der Waals surface area contributed by atoms with Gasteiger partial charge in [-0.1, -0.05) is 34.8 Å². The molecule has 0 nitrogen and oxygen atoms in total. The average Bonchev–Trinajstić information content (AvgIpc) is 2.07. The zero-order valence-electron chi connectivity index (χ0n) is 7.03. The van der Waals surface area contributed by atoms with Crippen LogP contribution in [0.25, 0.3) is 0 Å². The highest BCUT2D eigenvalue weighted by molar-refractivity contribution is 9.11. The fourth-order valence-corrected chi connectivity index (χ4v) is 2.38. The molecule has 1 aliphatic carbocycles. The normalized spacial score (nSPS) is 33.8. The number of allylic oxidation sites excluding steroid dienone is 2. The fourth-order valence-electron chi connectivity index (χ4n) is 1.43. The van der Waals surface area contributed by atoms with Gasteiger partial charge in [-0.3, -0.25) is 0 Å². The molecule has 0 amide bonds. The van der Waals surface area contributed by atoms with Crippen LogP contribution in [0.4, 0.5) is 0 Å². The van der Waals surface area contributed by atoms with E-state index in [-0.39, 0.29) is 5.38 Å². The molecule has 2 unspecified atom stereocenters. The van der Waals surface area contributed by atoms with Crippen LogP contribution >= 0.6 is 27.5 Å². The first kappa shape index (κ1) is 9.60. The van der Waals surface area contributed by atoms with E-state index in [1.807, 2.05) is 0 Å². The molecule has 0 radical (unpaired) electrons. The third-order valence-electron chi connectivity index (χ3n) is 2.49. The maximum atomic E-state index is 6.13. The van der Waals surface area contributed by atoms with Crippen LogP contribution < -0.4 is 0 Å². The molecule has 2 heteroatoms.